The molecule has 6 heteroatoms. The van der Waals surface area contributed by atoms with Crippen LogP contribution in [0.25, 0.3) is 10.8 Å². The SMILES string of the molecule is CC(C)CN1CCN(C(C)c2nnc(-c3cccs3)o2)CC1. The summed E-state index contributed by atoms with van der Waals surface area (Å²) < 4.78 is 5.87. The highest BCUT2D eigenvalue weighted by Crippen LogP contribution is 2.27. The van der Waals surface area contributed by atoms with Crippen molar-refractivity contribution in [1.29, 1.82) is 0 Å². The fraction of sp³-hybridized carbons (Fsp3) is 0.625. The first kappa shape index (κ1) is 15.6. The lowest BCUT2D eigenvalue weighted by Crippen LogP contribution is -2.48. The van der Waals surface area contributed by atoms with Crippen LogP contribution in [0.4, 0.5) is 0 Å². The Kier molecular flexibility index (Phi) is 4.90. The quantitative estimate of drug-likeness (QED) is 0.847. The molecule has 3 rings (SSSR count). The van der Waals surface area contributed by atoms with Gasteiger partial charge in [0.2, 0.25) is 5.89 Å². The first-order valence-electron chi connectivity index (χ1n) is 7.97. The Balaban J connectivity index is 1.59. The van der Waals surface area contributed by atoms with E-state index in [4.69, 9.17) is 4.42 Å². The Morgan fingerprint density at radius 1 is 1.18 bits per heavy atom. The van der Waals surface area contributed by atoms with E-state index in [1.807, 2.05) is 17.5 Å². The molecule has 0 N–H and O–H groups in total. The van der Waals surface area contributed by atoms with Crippen molar-refractivity contribution >= 4 is 11.3 Å². The molecule has 1 atom stereocenters. The van der Waals surface area contributed by atoms with Crippen molar-refractivity contribution in [3.8, 4) is 10.8 Å². The molecule has 22 heavy (non-hydrogen) atoms. The molecule has 0 aromatic carbocycles. The summed E-state index contributed by atoms with van der Waals surface area (Å²) >= 11 is 1.63. The summed E-state index contributed by atoms with van der Waals surface area (Å²) in [4.78, 5) is 6.01. The van der Waals surface area contributed by atoms with E-state index >= 15 is 0 Å². The predicted octanol–water partition coefficient (Wildman–Crippen LogP) is 3.13. The Labute approximate surface area is 135 Å². The van der Waals surface area contributed by atoms with Crippen LogP contribution in [-0.4, -0.2) is 52.7 Å². The van der Waals surface area contributed by atoms with Crippen molar-refractivity contribution in [2.75, 3.05) is 32.7 Å². The fourth-order valence-corrected chi connectivity index (χ4v) is 3.55. The topological polar surface area (TPSA) is 45.4 Å². The highest BCUT2D eigenvalue weighted by atomic mass is 32.1. The van der Waals surface area contributed by atoms with E-state index in [1.165, 1.54) is 6.54 Å². The average molecular weight is 320 g/mol. The smallest absolute Gasteiger partial charge is 0.257 e. The van der Waals surface area contributed by atoms with Crippen molar-refractivity contribution in [2.24, 2.45) is 5.92 Å². The van der Waals surface area contributed by atoms with Gasteiger partial charge in [0.25, 0.3) is 5.89 Å². The number of piperazine rings is 1. The lowest BCUT2D eigenvalue weighted by Gasteiger charge is -2.37. The maximum Gasteiger partial charge on any atom is 0.257 e. The molecular weight excluding hydrogens is 296 g/mol. The van der Waals surface area contributed by atoms with Gasteiger partial charge in [-0.1, -0.05) is 19.9 Å². The Morgan fingerprint density at radius 3 is 2.59 bits per heavy atom. The molecule has 0 aliphatic carbocycles. The van der Waals surface area contributed by atoms with Gasteiger partial charge in [-0.05, 0) is 24.3 Å². The molecule has 0 spiro atoms. The van der Waals surface area contributed by atoms with E-state index in [0.717, 1.165) is 42.9 Å². The predicted molar refractivity (Wildman–Crippen MR) is 88.9 cm³/mol. The van der Waals surface area contributed by atoms with Crippen LogP contribution in [0.1, 0.15) is 32.7 Å². The zero-order valence-corrected chi connectivity index (χ0v) is 14.3. The van der Waals surface area contributed by atoms with E-state index in [1.54, 1.807) is 11.3 Å². The lowest BCUT2D eigenvalue weighted by atomic mass is 10.1. The molecule has 120 valence electrons. The van der Waals surface area contributed by atoms with Crippen LogP contribution in [-0.2, 0) is 0 Å². The molecule has 0 amide bonds. The molecule has 1 unspecified atom stereocenters. The van der Waals surface area contributed by atoms with E-state index < -0.39 is 0 Å². The number of rotatable bonds is 5. The molecule has 1 aliphatic rings. The van der Waals surface area contributed by atoms with Gasteiger partial charge < -0.3 is 9.32 Å². The largest absolute Gasteiger partial charge is 0.418 e. The standard InChI is InChI=1S/C16H24N4OS/c1-12(2)11-19-6-8-20(9-7-19)13(3)15-17-18-16(21-15)14-5-4-10-22-14/h4-5,10,12-13H,6-9,11H2,1-3H3. The molecule has 3 heterocycles. The van der Waals surface area contributed by atoms with Crippen molar-refractivity contribution in [3.63, 3.8) is 0 Å². The first-order chi connectivity index (χ1) is 10.6. The molecule has 2 aromatic heterocycles. The summed E-state index contributed by atoms with van der Waals surface area (Å²) in [6.07, 6.45) is 0. The zero-order chi connectivity index (χ0) is 15.5. The Hall–Kier alpha value is -1.24. The second-order valence-corrected chi connectivity index (χ2v) is 7.28. The van der Waals surface area contributed by atoms with Crippen LogP contribution in [0, 0.1) is 5.92 Å². The molecular formula is C16H24N4OS. The van der Waals surface area contributed by atoms with Gasteiger partial charge in [0.1, 0.15) is 0 Å². The normalized spacial score (nSPS) is 18.9. The van der Waals surface area contributed by atoms with Gasteiger partial charge in [0.15, 0.2) is 0 Å². The Bertz CT molecular complexity index is 573. The van der Waals surface area contributed by atoms with Crippen LogP contribution in [0.2, 0.25) is 0 Å². The molecule has 2 aromatic rings. The van der Waals surface area contributed by atoms with Gasteiger partial charge in [-0.3, -0.25) is 4.90 Å². The van der Waals surface area contributed by atoms with Crippen LogP contribution >= 0.6 is 11.3 Å². The molecule has 0 radical (unpaired) electrons. The molecule has 0 bridgehead atoms. The second kappa shape index (κ2) is 6.89. The van der Waals surface area contributed by atoms with Gasteiger partial charge in [0.05, 0.1) is 10.9 Å². The number of nitrogens with zero attached hydrogens (tertiary/aromatic N) is 4. The summed E-state index contributed by atoms with van der Waals surface area (Å²) in [5, 5.41) is 10.5. The van der Waals surface area contributed by atoms with Gasteiger partial charge >= 0.3 is 0 Å². The van der Waals surface area contributed by atoms with E-state index in [-0.39, 0.29) is 6.04 Å². The van der Waals surface area contributed by atoms with Gasteiger partial charge in [0, 0.05) is 32.7 Å². The van der Waals surface area contributed by atoms with E-state index in [2.05, 4.69) is 40.8 Å². The summed E-state index contributed by atoms with van der Waals surface area (Å²) in [5.41, 5.74) is 0. The van der Waals surface area contributed by atoms with Crippen molar-refractivity contribution < 1.29 is 4.42 Å². The highest BCUT2D eigenvalue weighted by Gasteiger charge is 2.26. The van der Waals surface area contributed by atoms with Crippen LogP contribution in [0.15, 0.2) is 21.9 Å². The van der Waals surface area contributed by atoms with E-state index in [9.17, 15) is 0 Å². The summed E-state index contributed by atoms with van der Waals surface area (Å²) in [6, 6.07) is 4.20. The van der Waals surface area contributed by atoms with Gasteiger partial charge in [-0.15, -0.1) is 21.5 Å². The van der Waals surface area contributed by atoms with Gasteiger partial charge in [-0.25, -0.2) is 0 Å². The van der Waals surface area contributed by atoms with Gasteiger partial charge in [-0.2, -0.15) is 0 Å². The van der Waals surface area contributed by atoms with E-state index in [0.29, 0.717) is 5.89 Å². The van der Waals surface area contributed by atoms with Crippen molar-refractivity contribution in [2.45, 2.75) is 26.8 Å². The van der Waals surface area contributed by atoms with Crippen molar-refractivity contribution in [3.05, 3.63) is 23.4 Å². The molecule has 5 nitrogen and oxygen atoms in total. The monoisotopic (exact) mass is 320 g/mol. The molecule has 1 saturated heterocycles. The minimum absolute atomic E-state index is 0.183. The lowest BCUT2D eigenvalue weighted by molar-refractivity contribution is 0.0850. The molecule has 0 saturated carbocycles. The van der Waals surface area contributed by atoms with Crippen LogP contribution in [0.3, 0.4) is 0 Å². The maximum absolute atomic E-state index is 5.87. The third-order valence-corrected chi connectivity index (χ3v) is 4.97. The number of hydrogen-bond acceptors (Lipinski definition) is 6. The molecule has 1 aliphatic heterocycles. The summed E-state index contributed by atoms with van der Waals surface area (Å²) in [5.74, 6) is 2.09. The number of thiophene rings is 1. The third-order valence-electron chi connectivity index (χ3n) is 4.11. The minimum Gasteiger partial charge on any atom is -0.418 e. The average Bonchev–Trinajstić information content (AvgIpc) is 3.18. The highest BCUT2D eigenvalue weighted by molar-refractivity contribution is 7.13. The Morgan fingerprint density at radius 2 is 1.95 bits per heavy atom. The second-order valence-electron chi connectivity index (χ2n) is 6.33. The summed E-state index contributed by atoms with van der Waals surface area (Å²) in [6.45, 7) is 12.3. The first-order valence-corrected chi connectivity index (χ1v) is 8.85. The zero-order valence-electron chi connectivity index (χ0n) is 13.5. The minimum atomic E-state index is 0.183. The molecule has 1 fully saturated rings. The number of aromatic nitrogens is 2. The number of hydrogen-bond donors (Lipinski definition) is 0. The van der Waals surface area contributed by atoms with Crippen molar-refractivity contribution in [1.82, 2.24) is 20.0 Å². The summed E-state index contributed by atoms with van der Waals surface area (Å²) in [7, 11) is 0. The fourth-order valence-electron chi connectivity index (χ4n) is 2.91. The van der Waals surface area contributed by atoms with Crippen LogP contribution < -0.4 is 0 Å². The van der Waals surface area contributed by atoms with Crippen LogP contribution in [0.5, 0.6) is 0 Å². The maximum atomic E-state index is 5.87. The third kappa shape index (κ3) is 3.56.